The maximum absolute atomic E-state index is 13.3. The number of ether oxygens (including phenoxy) is 2. The van der Waals surface area contributed by atoms with Crippen LogP contribution in [-0.2, 0) is 14.3 Å². The molecule has 14 heteroatoms. The van der Waals surface area contributed by atoms with Crippen molar-refractivity contribution in [1.82, 2.24) is 29.9 Å². The molecule has 2 amide bonds. The predicted molar refractivity (Wildman–Crippen MR) is 149 cm³/mol. The van der Waals surface area contributed by atoms with Crippen LogP contribution in [0.3, 0.4) is 0 Å². The Labute approximate surface area is 244 Å². The minimum atomic E-state index is -4.52. The Morgan fingerprint density at radius 2 is 1.95 bits per heavy atom. The van der Waals surface area contributed by atoms with E-state index in [1.165, 1.54) is 0 Å². The Hall–Kier alpha value is -4.43. The molecule has 4 N–H and O–H groups in total. The number of allylic oxidation sites excluding steroid dienone is 2. The molecule has 3 aliphatic heterocycles. The van der Waals surface area contributed by atoms with E-state index in [4.69, 9.17) is 20.2 Å². The summed E-state index contributed by atoms with van der Waals surface area (Å²) in [5.74, 6) is 0.233. The Morgan fingerprint density at radius 3 is 2.63 bits per heavy atom. The normalized spacial score (nSPS) is 23.3. The lowest BCUT2D eigenvalue weighted by molar-refractivity contribution is -0.179. The third kappa shape index (κ3) is 5.31. The Bertz CT molecular complexity index is 1630. The second kappa shape index (κ2) is 10.7. The van der Waals surface area contributed by atoms with Crippen molar-refractivity contribution in [2.75, 3.05) is 32.1 Å². The highest BCUT2D eigenvalue weighted by molar-refractivity contribution is 5.95. The van der Waals surface area contributed by atoms with Gasteiger partial charge in [-0.2, -0.15) is 13.2 Å². The van der Waals surface area contributed by atoms with Gasteiger partial charge in [0.2, 0.25) is 5.91 Å². The Kier molecular flexibility index (Phi) is 7.13. The molecule has 3 aliphatic rings. The second-order valence-electron chi connectivity index (χ2n) is 11.2. The van der Waals surface area contributed by atoms with E-state index in [9.17, 15) is 22.8 Å². The average Bonchev–Trinajstić information content (AvgIpc) is 3.36. The standard InChI is InChI=1S/C29H30F3N7O4/c1-16-13-43-20(12-39(16)27(41)28(2)14-42-15-28)25-37-22(23-24(33)35-9-10-38(23)25)17-3-5-18(6-4-17)26(40)36-21-11-19(7-8-34-21)29(30,31)32/h3-11,16,20-21,34H,12-15H2,1-2H3,(H2,33,35)(H,36,40)/t16-,20+,21?/m0/s1. The van der Waals surface area contributed by atoms with Crippen LogP contribution in [0.25, 0.3) is 16.8 Å². The van der Waals surface area contributed by atoms with Crippen LogP contribution in [0.4, 0.5) is 19.0 Å². The van der Waals surface area contributed by atoms with Crippen LogP contribution in [0.5, 0.6) is 0 Å². The number of nitrogens with zero attached hydrogens (tertiary/aromatic N) is 4. The molecule has 2 saturated heterocycles. The molecule has 0 radical (unpaired) electrons. The molecule has 1 unspecified atom stereocenters. The molecule has 226 valence electrons. The third-order valence-corrected chi connectivity index (χ3v) is 7.87. The quantitative estimate of drug-likeness (QED) is 0.409. The van der Waals surface area contributed by atoms with Crippen molar-refractivity contribution in [2.45, 2.75) is 38.3 Å². The predicted octanol–water partition coefficient (Wildman–Crippen LogP) is 2.96. The largest absolute Gasteiger partial charge is 0.416 e. The molecule has 0 spiro atoms. The van der Waals surface area contributed by atoms with E-state index in [1.54, 1.807) is 41.1 Å². The first-order valence-electron chi connectivity index (χ1n) is 13.7. The van der Waals surface area contributed by atoms with E-state index in [-0.39, 0.29) is 23.3 Å². The van der Waals surface area contributed by atoms with Gasteiger partial charge in [0.05, 0.1) is 43.4 Å². The number of morpholine rings is 1. The van der Waals surface area contributed by atoms with E-state index in [0.29, 0.717) is 49.0 Å². The summed E-state index contributed by atoms with van der Waals surface area (Å²) in [7, 11) is 0. The zero-order valence-electron chi connectivity index (χ0n) is 23.4. The van der Waals surface area contributed by atoms with E-state index in [0.717, 1.165) is 18.4 Å². The summed E-state index contributed by atoms with van der Waals surface area (Å²) in [6.07, 6.45) is 0.146. The van der Waals surface area contributed by atoms with E-state index < -0.39 is 35.3 Å². The second-order valence-corrected chi connectivity index (χ2v) is 11.2. The molecule has 11 nitrogen and oxygen atoms in total. The van der Waals surface area contributed by atoms with Gasteiger partial charge in [-0.05, 0) is 44.3 Å². The SMILES string of the molecule is C[C@H]1CO[C@@H](c2nc(-c3ccc(C(=O)NC4C=C(C(F)(F)F)C=CN4)cc3)c3c(N)nccn23)CN1C(=O)C1(C)COC1. The van der Waals surface area contributed by atoms with Crippen molar-refractivity contribution in [3.63, 3.8) is 0 Å². The van der Waals surface area contributed by atoms with Gasteiger partial charge < -0.3 is 30.7 Å². The number of nitrogens with two attached hydrogens (primary N) is 1. The molecule has 3 aromatic rings. The van der Waals surface area contributed by atoms with Gasteiger partial charge in [-0.25, -0.2) is 9.97 Å². The number of carbonyl (C=O) groups excluding carboxylic acids is 2. The van der Waals surface area contributed by atoms with Gasteiger partial charge in [0.1, 0.15) is 35.1 Å². The molecule has 0 aliphatic carbocycles. The highest BCUT2D eigenvalue weighted by Crippen LogP contribution is 2.36. The number of imidazole rings is 1. The van der Waals surface area contributed by atoms with Crippen LogP contribution in [0, 0.1) is 5.41 Å². The number of halogens is 3. The van der Waals surface area contributed by atoms with Gasteiger partial charge in [-0.15, -0.1) is 0 Å². The van der Waals surface area contributed by atoms with Crippen LogP contribution in [0.15, 0.2) is 60.6 Å². The molecular weight excluding hydrogens is 567 g/mol. The smallest absolute Gasteiger partial charge is 0.382 e. The van der Waals surface area contributed by atoms with Gasteiger partial charge in [0.25, 0.3) is 5.91 Å². The number of fused-ring (bicyclic) bond motifs is 1. The third-order valence-electron chi connectivity index (χ3n) is 7.87. The highest BCUT2D eigenvalue weighted by atomic mass is 19.4. The van der Waals surface area contributed by atoms with Crippen molar-refractivity contribution in [3.8, 4) is 11.3 Å². The molecule has 6 rings (SSSR count). The first-order valence-corrected chi connectivity index (χ1v) is 13.7. The minimum Gasteiger partial charge on any atom is -0.382 e. The molecule has 5 heterocycles. The number of dihydropyridines is 1. The molecule has 0 saturated carbocycles. The van der Waals surface area contributed by atoms with E-state index >= 15 is 0 Å². The average molecular weight is 598 g/mol. The number of hydrogen-bond donors (Lipinski definition) is 3. The monoisotopic (exact) mass is 597 g/mol. The number of amides is 2. The zero-order valence-corrected chi connectivity index (χ0v) is 23.4. The zero-order chi connectivity index (χ0) is 30.5. The lowest BCUT2D eigenvalue weighted by Gasteiger charge is -2.45. The van der Waals surface area contributed by atoms with E-state index in [1.807, 2.05) is 18.7 Å². The van der Waals surface area contributed by atoms with Crippen LogP contribution >= 0.6 is 0 Å². The molecule has 3 atom stereocenters. The molecular formula is C29H30F3N7O4. The highest BCUT2D eigenvalue weighted by Gasteiger charge is 2.46. The number of rotatable bonds is 5. The van der Waals surface area contributed by atoms with Crippen molar-refractivity contribution in [2.24, 2.45) is 5.41 Å². The number of alkyl halides is 3. The fourth-order valence-electron chi connectivity index (χ4n) is 5.39. The number of hydrogen-bond acceptors (Lipinski definition) is 8. The van der Waals surface area contributed by atoms with Crippen molar-refractivity contribution >= 4 is 23.1 Å². The molecule has 43 heavy (non-hydrogen) atoms. The summed E-state index contributed by atoms with van der Waals surface area (Å²) in [5, 5.41) is 5.22. The Balaban J connectivity index is 1.25. The van der Waals surface area contributed by atoms with Crippen molar-refractivity contribution < 1.29 is 32.2 Å². The lowest BCUT2D eigenvalue weighted by atomic mass is 9.86. The van der Waals surface area contributed by atoms with Crippen LogP contribution < -0.4 is 16.4 Å². The van der Waals surface area contributed by atoms with Crippen molar-refractivity contribution in [3.05, 3.63) is 72.0 Å². The van der Waals surface area contributed by atoms with Gasteiger partial charge in [0.15, 0.2) is 0 Å². The maximum atomic E-state index is 13.3. The maximum Gasteiger partial charge on any atom is 0.416 e. The number of aromatic nitrogens is 3. The summed E-state index contributed by atoms with van der Waals surface area (Å²) < 4.78 is 52.5. The lowest BCUT2D eigenvalue weighted by Crippen LogP contribution is -2.58. The summed E-state index contributed by atoms with van der Waals surface area (Å²) in [6.45, 7) is 5.23. The fraction of sp³-hybridized carbons (Fsp3) is 0.379. The minimum absolute atomic E-state index is 0.0141. The number of nitrogens with one attached hydrogen (secondary N) is 2. The Morgan fingerprint density at radius 1 is 1.21 bits per heavy atom. The number of benzene rings is 1. The summed E-state index contributed by atoms with van der Waals surface area (Å²) in [6, 6.07) is 6.34. The molecule has 0 bridgehead atoms. The topological polar surface area (TPSA) is 136 Å². The van der Waals surface area contributed by atoms with Crippen LogP contribution in [0.1, 0.15) is 36.1 Å². The van der Waals surface area contributed by atoms with Gasteiger partial charge in [-0.3, -0.25) is 14.0 Å². The summed E-state index contributed by atoms with van der Waals surface area (Å²) in [4.78, 5) is 37.1. The number of anilines is 1. The fourth-order valence-corrected chi connectivity index (χ4v) is 5.39. The first-order chi connectivity index (χ1) is 20.4. The van der Waals surface area contributed by atoms with Crippen molar-refractivity contribution in [1.29, 1.82) is 0 Å². The van der Waals surface area contributed by atoms with Gasteiger partial charge >= 0.3 is 6.18 Å². The first kappa shape index (κ1) is 28.7. The molecule has 2 fully saturated rings. The van der Waals surface area contributed by atoms with Crippen LogP contribution in [-0.4, -0.2) is 75.8 Å². The van der Waals surface area contributed by atoms with Gasteiger partial charge in [-0.1, -0.05) is 12.1 Å². The summed E-state index contributed by atoms with van der Waals surface area (Å²) in [5.41, 5.74) is 6.80. The number of carbonyl (C=O) groups is 2. The summed E-state index contributed by atoms with van der Waals surface area (Å²) >= 11 is 0. The van der Waals surface area contributed by atoms with Gasteiger partial charge in [0, 0.05) is 23.5 Å². The van der Waals surface area contributed by atoms with Crippen LogP contribution in [0.2, 0.25) is 0 Å². The van der Waals surface area contributed by atoms with E-state index in [2.05, 4.69) is 15.6 Å². The molecule has 2 aromatic heterocycles. The number of nitrogen functional groups attached to an aromatic ring is 1. The molecule has 1 aromatic carbocycles.